The molecule has 0 radical (unpaired) electrons. The number of carbonyl (C=O) groups excluding carboxylic acids is 1. The quantitative estimate of drug-likeness (QED) is 0.857. The Bertz CT molecular complexity index is 603. The molecule has 2 rings (SSSR count). The lowest BCUT2D eigenvalue weighted by Gasteiger charge is -2.26. The van der Waals surface area contributed by atoms with E-state index in [1.165, 1.54) is 0 Å². The van der Waals surface area contributed by atoms with Crippen molar-refractivity contribution >= 4 is 16.8 Å². The fourth-order valence-corrected chi connectivity index (χ4v) is 2.67. The number of hydrogen-bond acceptors (Lipinski definition) is 2. The molecule has 4 heteroatoms. The molecule has 0 spiro atoms. The summed E-state index contributed by atoms with van der Waals surface area (Å²) < 4.78 is 0. The predicted molar refractivity (Wildman–Crippen MR) is 87.1 cm³/mol. The van der Waals surface area contributed by atoms with Crippen molar-refractivity contribution < 1.29 is 4.79 Å². The number of para-hydroxylation sites is 1. The molecule has 4 nitrogen and oxygen atoms in total. The van der Waals surface area contributed by atoms with Crippen LogP contribution in [-0.2, 0) is 11.2 Å². The molecule has 0 aliphatic heterocycles. The first-order valence-corrected chi connectivity index (χ1v) is 7.62. The van der Waals surface area contributed by atoms with Gasteiger partial charge in [-0.3, -0.25) is 4.79 Å². The molecule has 1 heterocycles. The molecule has 1 amide bonds. The molecule has 0 saturated carbocycles. The highest BCUT2D eigenvalue weighted by Gasteiger charge is 2.21. The van der Waals surface area contributed by atoms with Crippen LogP contribution in [0, 0.1) is 5.92 Å². The topological polar surface area (TPSA) is 62.1 Å². The number of aromatic amines is 1. The summed E-state index contributed by atoms with van der Waals surface area (Å²) in [6.45, 7) is 7.69. The van der Waals surface area contributed by atoms with Gasteiger partial charge in [-0.2, -0.15) is 0 Å². The van der Waals surface area contributed by atoms with Crippen molar-refractivity contribution in [2.75, 3.05) is 13.1 Å². The first-order chi connectivity index (χ1) is 10.0. The van der Waals surface area contributed by atoms with Crippen molar-refractivity contribution in [3.63, 3.8) is 0 Å². The van der Waals surface area contributed by atoms with Crippen LogP contribution in [0.1, 0.15) is 26.3 Å². The number of amides is 1. The molecule has 2 aromatic rings. The third kappa shape index (κ3) is 3.64. The van der Waals surface area contributed by atoms with E-state index in [4.69, 9.17) is 5.73 Å². The van der Waals surface area contributed by atoms with Gasteiger partial charge in [0.1, 0.15) is 0 Å². The number of H-pyrrole nitrogens is 1. The van der Waals surface area contributed by atoms with Crippen LogP contribution in [0.25, 0.3) is 10.9 Å². The largest absolute Gasteiger partial charge is 0.361 e. The maximum Gasteiger partial charge on any atom is 0.239 e. The first kappa shape index (κ1) is 15.6. The molecular weight excluding hydrogens is 262 g/mol. The van der Waals surface area contributed by atoms with Crippen LogP contribution in [0.5, 0.6) is 0 Å². The summed E-state index contributed by atoms with van der Waals surface area (Å²) in [5.74, 6) is 0.491. The van der Waals surface area contributed by atoms with E-state index in [2.05, 4.69) is 24.9 Å². The number of nitrogens with two attached hydrogens (primary N) is 1. The molecule has 0 aliphatic carbocycles. The lowest BCUT2D eigenvalue weighted by atomic mass is 10.0. The van der Waals surface area contributed by atoms with Gasteiger partial charge in [-0.15, -0.1) is 0 Å². The molecule has 1 atom stereocenters. The van der Waals surface area contributed by atoms with Crippen molar-refractivity contribution in [2.45, 2.75) is 33.2 Å². The molecule has 3 N–H and O–H groups in total. The minimum atomic E-state index is -0.483. The number of nitrogens with one attached hydrogen (secondary N) is 1. The summed E-state index contributed by atoms with van der Waals surface area (Å²) in [5.41, 5.74) is 8.34. The summed E-state index contributed by atoms with van der Waals surface area (Å²) in [6.07, 6.45) is 2.52. The highest BCUT2D eigenvalue weighted by Crippen LogP contribution is 2.19. The molecule has 1 aromatic heterocycles. The molecule has 0 bridgehead atoms. The summed E-state index contributed by atoms with van der Waals surface area (Å²) in [5, 5.41) is 1.15. The molecule has 0 unspecified atom stereocenters. The summed E-state index contributed by atoms with van der Waals surface area (Å²) >= 11 is 0. The summed E-state index contributed by atoms with van der Waals surface area (Å²) in [6, 6.07) is 7.61. The van der Waals surface area contributed by atoms with E-state index < -0.39 is 6.04 Å². The second-order valence-corrected chi connectivity index (χ2v) is 5.94. The zero-order valence-corrected chi connectivity index (χ0v) is 13.1. The van der Waals surface area contributed by atoms with Gasteiger partial charge in [0, 0.05) is 30.2 Å². The molecular formula is C17H25N3O. The van der Waals surface area contributed by atoms with Gasteiger partial charge in [0.05, 0.1) is 6.04 Å². The third-order valence-corrected chi connectivity index (χ3v) is 3.71. The zero-order valence-electron chi connectivity index (χ0n) is 13.1. The third-order valence-electron chi connectivity index (χ3n) is 3.71. The second-order valence-electron chi connectivity index (χ2n) is 5.94. The number of benzene rings is 1. The zero-order chi connectivity index (χ0) is 15.4. The van der Waals surface area contributed by atoms with Crippen molar-refractivity contribution in [3.8, 4) is 0 Å². The molecule has 0 saturated heterocycles. The molecule has 0 fully saturated rings. The Labute approximate surface area is 126 Å². The Hall–Kier alpha value is -1.81. The van der Waals surface area contributed by atoms with Gasteiger partial charge >= 0.3 is 0 Å². The Balaban J connectivity index is 2.09. The number of fused-ring (bicyclic) bond motifs is 1. The molecule has 21 heavy (non-hydrogen) atoms. The van der Waals surface area contributed by atoms with E-state index in [-0.39, 0.29) is 5.91 Å². The minimum Gasteiger partial charge on any atom is -0.361 e. The lowest BCUT2D eigenvalue weighted by Crippen LogP contribution is -2.46. The van der Waals surface area contributed by atoms with Gasteiger partial charge in [0.2, 0.25) is 5.91 Å². The fourth-order valence-electron chi connectivity index (χ4n) is 2.67. The van der Waals surface area contributed by atoms with Crippen LogP contribution in [0.2, 0.25) is 0 Å². The SMILES string of the molecule is CCN(CC(C)C)C(=O)[C@H](N)Cc1c[nH]c2ccccc12. The number of nitrogens with zero attached hydrogens (tertiary/aromatic N) is 1. The number of rotatable bonds is 6. The smallest absolute Gasteiger partial charge is 0.239 e. The Morgan fingerprint density at radius 2 is 2.05 bits per heavy atom. The number of hydrogen-bond donors (Lipinski definition) is 2. The normalized spacial score (nSPS) is 12.8. The Morgan fingerprint density at radius 3 is 2.71 bits per heavy atom. The van der Waals surface area contributed by atoms with Crippen LogP contribution in [0.3, 0.4) is 0 Å². The number of likely N-dealkylation sites (N-methyl/N-ethyl adjacent to an activating group) is 1. The highest BCUT2D eigenvalue weighted by atomic mass is 16.2. The fraction of sp³-hybridized carbons (Fsp3) is 0.471. The minimum absolute atomic E-state index is 0.0384. The van der Waals surface area contributed by atoms with Crippen molar-refractivity contribution in [2.24, 2.45) is 11.7 Å². The lowest BCUT2D eigenvalue weighted by molar-refractivity contribution is -0.132. The summed E-state index contributed by atoms with van der Waals surface area (Å²) in [7, 11) is 0. The average Bonchev–Trinajstić information content (AvgIpc) is 2.87. The van der Waals surface area contributed by atoms with E-state index in [9.17, 15) is 4.79 Å². The van der Waals surface area contributed by atoms with E-state index in [1.807, 2.05) is 36.2 Å². The average molecular weight is 287 g/mol. The van der Waals surface area contributed by atoms with Gasteiger partial charge in [0.15, 0.2) is 0 Å². The van der Waals surface area contributed by atoms with Gasteiger partial charge in [0.25, 0.3) is 0 Å². The van der Waals surface area contributed by atoms with E-state index >= 15 is 0 Å². The van der Waals surface area contributed by atoms with Gasteiger partial charge in [-0.25, -0.2) is 0 Å². The molecule has 0 aliphatic rings. The number of aromatic nitrogens is 1. The van der Waals surface area contributed by atoms with Crippen molar-refractivity contribution in [1.29, 1.82) is 0 Å². The number of carbonyl (C=O) groups is 1. The van der Waals surface area contributed by atoms with Crippen LogP contribution in [0.4, 0.5) is 0 Å². The summed E-state index contributed by atoms with van der Waals surface area (Å²) in [4.78, 5) is 17.5. The van der Waals surface area contributed by atoms with Crippen molar-refractivity contribution in [1.82, 2.24) is 9.88 Å². The van der Waals surface area contributed by atoms with Gasteiger partial charge < -0.3 is 15.6 Å². The monoisotopic (exact) mass is 287 g/mol. The Morgan fingerprint density at radius 1 is 1.33 bits per heavy atom. The molecule has 1 aromatic carbocycles. The van der Waals surface area contributed by atoms with Crippen molar-refractivity contribution in [3.05, 3.63) is 36.0 Å². The van der Waals surface area contributed by atoms with E-state index in [1.54, 1.807) is 0 Å². The Kier molecular flexibility index (Phi) is 5.02. The van der Waals surface area contributed by atoms with Crippen LogP contribution < -0.4 is 5.73 Å². The highest BCUT2D eigenvalue weighted by molar-refractivity contribution is 5.86. The van der Waals surface area contributed by atoms with Gasteiger partial charge in [-0.05, 0) is 30.9 Å². The van der Waals surface area contributed by atoms with E-state index in [0.717, 1.165) is 23.0 Å². The predicted octanol–water partition coefficient (Wildman–Crippen LogP) is 2.54. The van der Waals surface area contributed by atoms with Crippen LogP contribution >= 0.6 is 0 Å². The van der Waals surface area contributed by atoms with E-state index in [0.29, 0.717) is 18.9 Å². The maximum absolute atomic E-state index is 12.5. The standard InChI is InChI=1S/C17H25N3O/c1-4-20(11-12(2)3)17(21)15(18)9-13-10-19-16-8-6-5-7-14(13)16/h5-8,10,12,15,19H,4,9,11,18H2,1-3H3/t15-/m1/s1. The maximum atomic E-state index is 12.5. The van der Waals surface area contributed by atoms with Crippen LogP contribution in [0.15, 0.2) is 30.5 Å². The first-order valence-electron chi connectivity index (χ1n) is 7.62. The van der Waals surface area contributed by atoms with Crippen LogP contribution in [-0.4, -0.2) is 34.9 Å². The molecule has 114 valence electrons. The van der Waals surface area contributed by atoms with Gasteiger partial charge in [-0.1, -0.05) is 32.0 Å². The second kappa shape index (κ2) is 6.76.